The van der Waals surface area contributed by atoms with Crippen LogP contribution in [0.4, 0.5) is 32.2 Å². The highest BCUT2D eigenvalue weighted by Crippen LogP contribution is 2.41. The average Bonchev–Trinajstić information content (AvgIpc) is 3.13. The van der Waals surface area contributed by atoms with Gasteiger partial charge in [-0.2, -0.15) is 26.3 Å². The second-order valence-electron chi connectivity index (χ2n) is 8.86. The number of likely N-dealkylation sites (tertiary alicyclic amines) is 1. The molecule has 2 N–H and O–H groups in total. The lowest BCUT2D eigenvalue weighted by molar-refractivity contribution is -0.193. The smallest absolute Gasteiger partial charge is 0.481 e. The third-order valence-corrected chi connectivity index (χ3v) is 5.70. The average molecular weight is 577 g/mol. The molecule has 0 aromatic carbocycles. The molecule has 1 atom stereocenters. The van der Waals surface area contributed by atoms with E-state index < -0.39 is 24.3 Å². The lowest BCUT2D eigenvalue weighted by Crippen LogP contribution is -2.67. The highest BCUT2D eigenvalue weighted by Gasteiger charge is 2.52. The molecule has 2 fully saturated rings. The van der Waals surface area contributed by atoms with Gasteiger partial charge < -0.3 is 29.5 Å². The Hall–Kier alpha value is -3.41. The minimum absolute atomic E-state index is 0.00796. The van der Waals surface area contributed by atoms with Crippen LogP contribution in [-0.4, -0.2) is 127 Å². The first-order chi connectivity index (χ1) is 17.8. The molecule has 39 heavy (non-hydrogen) atoms. The second-order valence-corrected chi connectivity index (χ2v) is 8.86. The minimum Gasteiger partial charge on any atom is -0.481 e. The number of aromatic nitrogens is 2. The minimum atomic E-state index is -5.08. The molecule has 1 spiro atoms. The Bertz CT molecular complexity index is 963. The largest absolute Gasteiger partial charge is 0.490 e. The number of carbonyl (C=O) groups excluding carboxylic acids is 1. The van der Waals surface area contributed by atoms with E-state index in [9.17, 15) is 31.1 Å². The first kappa shape index (κ1) is 33.6. The highest BCUT2D eigenvalue weighted by atomic mass is 19.4. The van der Waals surface area contributed by atoms with E-state index in [0.29, 0.717) is 18.4 Å². The molecule has 2 aliphatic rings. The summed E-state index contributed by atoms with van der Waals surface area (Å²) >= 11 is 0. The van der Waals surface area contributed by atoms with E-state index in [2.05, 4.69) is 26.8 Å². The van der Waals surface area contributed by atoms with Crippen LogP contribution >= 0.6 is 0 Å². The molecule has 1 aromatic rings. The van der Waals surface area contributed by atoms with Crippen molar-refractivity contribution in [2.75, 3.05) is 66.0 Å². The summed E-state index contributed by atoms with van der Waals surface area (Å²) in [7, 11) is 7.27. The maximum atomic E-state index is 11.6. The number of alkyl halides is 6. The Balaban J connectivity index is 0.000000449. The number of anilines is 1. The van der Waals surface area contributed by atoms with Crippen LogP contribution in [0.1, 0.15) is 6.42 Å². The molecule has 0 radical (unpaired) electrons. The van der Waals surface area contributed by atoms with Gasteiger partial charge in [0, 0.05) is 39.8 Å². The number of methoxy groups -OCH3 is 1. The Labute approximate surface area is 219 Å². The van der Waals surface area contributed by atoms with E-state index >= 15 is 0 Å². The third-order valence-electron chi connectivity index (χ3n) is 5.70. The molecule has 1 amide bonds. The maximum absolute atomic E-state index is 11.6. The van der Waals surface area contributed by atoms with Gasteiger partial charge in [0.1, 0.15) is 18.8 Å². The van der Waals surface area contributed by atoms with Crippen molar-refractivity contribution < 1.29 is 60.4 Å². The number of hydrogen-bond acceptors (Lipinski definition) is 9. The van der Waals surface area contributed by atoms with Gasteiger partial charge in [-0.1, -0.05) is 0 Å². The van der Waals surface area contributed by atoms with Gasteiger partial charge >= 0.3 is 24.3 Å². The Kier molecular flexibility index (Phi) is 11.7. The number of ether oxygens (including phenoxy) is 2. The molecule has 18 heteroatoms. The van der Waals surface area contributed by atoms with Crippen LogP contribution in [0.15, 0.2) is 12.4 Å². The summed E-state index contributed by atoms with van der Waals surface area (Å²) in [5, 5.41) is 14.2. The van der Waals surface area contributed by atoms with Crippen LogP contribution in [-0.2, 0) is 19.1 Å². The van der Waals surface area contributed by atoms with E-state index in [-0.39, 0.29) is 18.1 Å². The number of hydrogen-bond donors (Lipinski definition) is 2. The van der Waals surface area contributed by atoms with Crippen molar-refractivity contribution in [3.8, 4) is 5.88 Å². The summed E-state index contributed by atoms with van der Waals surface area (Å²) in [6, 6.07) is 1.87. The van der Waals surface area contributed by atoms with Crippen molar-refractivity contribution in [3.63, 3.8) is 0 Å². The Morgan fingerprint density at radius 3 is 2.03 bits per heavy atom. The summed E-state index contributed by atoms with van der Waals surface area (Å²) in [5.41, 5.74) is 0.178. The SMILES string of the molecule is COc1cc(N2CC3(CC(COCC(=O)N(C)C)CN3C)C2)ncn1.O=C(O)C(F)(F)F.O=C(O)C(F)(F)F. The Morgan fingerprint density at radius 1 is 1.08 bits per heavy atom. The van der Waals surface area contributed by atoms with Crippen LogP contribution < -0.4 is 9.64 Å². The molecule has 1 unspecified atom stereocenters. The van der Waals surface area contributed by atoms with Gasteiger partial charge in [-0.05, 0) is 19.4 Å². The number of halogens is 6. The molecule has 0 bridgehead atoms. The maximum Gasteiger partial charge on any atom is 0.490 e. The molecule has 0 aliphatic carbocycles. The first-order valence-electron chi connectivity index (χ1n) is 11.0. The van der Waals surface area contributed by atoms with Gasteiger partial charge in [-0.25, -0.2) is 19.6 Å². The van der Waals surface area contributed by atoms with Crippen LogP contribution in [0.2, 0.25) is 0 Å². The normalized spacial score (nSPS) is 18.2. The summed E-state index contributed by atoms with van der Waals surface area (Å²) < 4.78 is 74.3. The van der Waals surface area contributed by atoms with Gasteiger partial charge in [0.05, 0.1) is 19.3 Å². The molecule has 222 valence electrons. The van der Waals surface area contributed by atoms with Gasteiger partial charge in [0.25, 0.3) is 0 Å². The monoisotopic (exact) mass is 577 g/mol. The van der Waals surface area contributed by atoms with Crippen LogP contribution in [0.3, 0.4) is 0 Å². The lowest BCUT2D eigenvalue weighted by atomic mass is 9.84. The van der Waals surface area contributed by atoms with Crippen LogP contribution in [0.5, 0.6) is 5.88 Å². The van der Waals surface area contributed by atoms with Crippen molar-refractivity contribution in [2.24, 2.45) is 5.92 Å². The summed E-state index contributed by atoms with van der Waals surface area (Å²) in [4.78, 5) is 44.0. The van der Waals surface area contributed by atoms with E-state index in [0.717, 1.165) is 31.9 Å². The fourth-order valence-electron chi connectivity index (χ4n) is 3.70. The van der Waals surface area contributed by atoms with Gasteiger partial charge in [-0.3, -0.25) is 9.69 Å². The van der Waals surface area contributed by atoms with E-state index in [1.54, 1.807) is 26.1 Å². The number of aliphatic carboxylic acids is 2. The van der Waals surface area contributed by atoms with Crippen LogP contribution in [0.25, 0.3) is 0 Å². The zero-order valence-electron chi connectivity index (χ0n) is 21.4. The second kappa shape index (κ2) is 13.6. The zero-order chi connectivity index (χ0) is 30.2. The molecule has 0 saturated carbocycles. The molecule has 2 aliphatic heterocycles. The summed E-state index contributed by atoms with van der Waals surface area (Å²) in [6.45, 7) is 3.67. The Morgan fingerprint density at radius 2 is 1.59 bits per heavy atom. The third kappa shape index (κ3) is 10.3. The van der Waals surface area contributed by atoms with E-state index in [4.69, 9.17) is 29.3 Å². The van der Waals surface area contributed by atoms with Crippen molar-refractivity contribution in [1.82, 2.24) is 19.8 Å². The number of rotatable bonds is 6. The molecule has 12 nitrogen and oxygen atoms in total. The van der Waals surface area contributed by atoms with Gasteiger partial charge in [0.2, 0.25) is 11.8 Å². The number of carboxylic acid groups (broad SMARTS) is 2. The number of amides is 1. The molecular formula is C21H29F6N5O7. The van der Waals surface area contributed by atoms with Crippen LogP contribution in [0, 0.1) is 5.92 Å². The number of carboxylic acids is 2. The van der Waals surface area contributed by atoms with Crippen molar-refractivity contribution in [1.29, 1.82) is 0 Å². The molecule has 1 aromatic heterocycles. The topological polar surface area (TPSA) is 146 Å². The number of nitrogens with zero attached hydrogens (tertiary/aromatic N) is 5. The first-order valence-corrected chi connectivity index (χ1v) is 11.0. The quantitative estimate of drug-likeness (QED) is 0.473. The van der Waals surface area contributed by atoms with E-state index in [1.165, 1.54) is 6.33 Å². The standard InChI is InChI=1S/C17H27N5O3.2C2HF3O2/c1-20(2)16(23)9-25-8-13-6-17(21(3)7-13)10-22(11-17)14-5-15(24-4)19-12-18-14;2*3-2(4,5)1(6)7/h5,12-13H,6-11H2,1-4H3;2*(H,6,7). The molecule has 3 rings (SSSR count). The predicted molar refractivity (Wildman–Crippen MR) is 121 cm³/mol. The molecule has 2 saturated heterocycles. The van der Waals surface area contributed by atoms with E-state index in [1.807, 2.05) is 6.07 Å². The van der Waals surface area contributed by atoms with Gasteiger partial charge in [-0.15, -0.1) is 0 Å². The summed E-state index contributed by atoms with van der Waals surface area (Å²) in [5.74, 6) is -3.56. The highest BCUT2D eigenvalue weighted by molar-refractivity contribution is 5.76. The fraction of sp³-hybridized carbons (Fsp3) is 0.667. The van der Waals surface area contributed by atoms with Gasteiger partial charge in [0.15, 0.2) is 0 Å². The predicted octanol–water partition coefficient (Wildman–Crippen LogP) is 1.37. The van der Waals surface area contributed by atoms with Crippen molar-refractivity contribution >= 4 is 23.7 Å². The number of carbonyl (C=O) groups is 3. The van der Waals surface area contributed by atoms with Crippen molar-refractivity contribution in [3.05, 3.63) is 12.4 Å². The zero-order valence-corrected chi connectivity index (χ0v) is 21.4. The fourth-order valence-corrected chi connectivity index (χ4v) is 3.70. The molecule has 3 heterocycles. The summed E-state index contributed by atoms with van der Waals surface area (Å²) in [6.07, 6.45) is -7.55. The lowest BCUT2D eigenvalue weighted by Gasteiger charge is -2.52. The number of likely N-dealkylation sites (N-methyl/N-ethyl adjacent to an activating group) is 2. The molecular weight excluding hydrogens is 548 g/mol. The van der Waals surface area contributed by atoms with Crippen molar-refractivity contribution in [2.45, 2.75) is 24.3 Å².